The average Bonchev–Trinajstić information content (AvgIpc) is 2.78. The van der Waals surface area contributed by atoms with Crippen molar-refractivity contribution in [3.05, 3.63) is 29.6 Å². The second-order valence-electron chi connectivity index (χ2n) is 5.97. The molecule has 0 amide bonds. The van der Waals surface area contributed by atoms with Gasteiger partial charge in [0, 0.05) is 5.92 Å². The van der Waals surface area contributed by atoms with Crippen LogP contribution in [0.3, 0.4) is 0 Å². The van der Waals surface area contributed by atoms with Crippen molar-refractivity contribution in [3.8, 4) is 0 Å². The lowest BCUT2D eigenvalue weighted by Crippen LogP contribution is -2.22. The highest BCUT2D eigenvalue weighted by atomic mass is 16.4. The molecule has 0 bridgehead atoms. The quantitative estimate of drug-likeness (QED) is 0.887. The first-order valence-electron chi connectivity index (χ1n) is 7.23. The number of nitrogens with zero attached hydrogens (tertiary/aromatic N) is 2. The van der Waals surface area contributed by atoms with Crippen LogP contribution in [0.15, 0.2) is 18.2 Å². The number of carbonyl (C=O) groups is 1. The average molecular weight is 290 g/mol. The van der Waals surface area contributed by atoms with Crippen molar-refractivity contribution in [2.45, 2.75) is 39.7 Å². The lowest BCUT2D eigenvalue weighted by molar-refractivity contribution is 0.0698. The summed E-state index contributed by atoms with van der Waals surface area (Å²) in [5.41, 5.74) is 1.49. The van der Waals surface area contributed by atoms with E-state index in [1.54, 1.807) is 12.1 Å². The van der Waals surface area contributed by atoms with E-state index in [1.807, 2.05) is 38.3 Å². The lowest BCUT2D eigenvalue weighted by atomic mass is 10.0. The molecule has 0 fully saturated rings. The molecular weight excluding hydrogens is 268 g/mol. The Labute approximate surface area is 124 Å². The minimum Gasteiger partial charge on any atom is -0.478 e. The molecule has 5 heteroatoms. The lowest BCUT2D eigenvalue weighted by Gasteiger charge is -2.24. The third-order valence-electron chi connectivity index (χ3n) is 3.77. The Hall–Kier alpha value is -1.88. The van der Waals surface area contributed by atoms with Crippen LogP contribution in [0, 0.1) is 5.92 Å². The Balaban J connectivity index is 2.86. The minimum absolute atomic E-state index is 0.0448. The predicted molar refractivity (Wildman–Crippen MR) is 81.7 cm³/mol. The number of carboxylic acids is 1. The monoisotopic (exact) mass is 290 g/mol. The van der Waals surface area contributed by atoms with Gasteiger partial charge >= 0.3 is 5.97 Å². The van der Waals surface area contributed by atoms with Gasteiger partial charge in [0.15, 0.2) is 0 Å². The van der Waals surface area contributed by atoms with Crippen LogP contribution in [0.5, 0.6) is 0 Å². The van der Waals surface area contributed by atoms with Crippen molar-refractivity contribution in [1.82, 2.24) is 9.55 Å². The zero-order chi connectivity index (χ0) is 15.7. The van der Waals surface area contributed by atoms with Gasteiger partial charge in [-0.2, -0.15) is 0 Å². The number of aromatic carboxylic acids is 1. The fourth-order valence-electron chi connectivity index (χ4n) is 2.67. The van der Waals surface area contributed by atoms with Gasteiger partial charge in [-0.1, -0.05) is 33.8 Å². The highest BCUT2D eigenvalue weighted by Gasteiger charge is 2.25. The number of fused-ring (bicyclic) bond motifs is 1. The molecule has 2 N–H and O–H groups in total. The molecular formula is C16H22N2O3. The standard InChI is InChI=1S/C16H22N2O3/c1-9(2)13(8-19)18-14-11(16(20)21)6-5-7-12(14)17-15(18)10(3)4/h5-7,9-10,13,19H,8H2,1-4H3,(H,20,21)/t13-/m0/s1. The van der Waals surface area contributed by atoms with E-state index in [-0.39, 0.29) is 30.0 Å². The van der Waals surface area contributed by atoms with Gasteiger partial charge in [-0.3, -0.25) is 0 Å². The summed E-state index contributed by atoms with van der Waals surface area (Å²) in [7, 11) is 0. The molecule has 1 aromatic heterocycles. The summed E-state index contributed by atoms with van der Waals surface area (Å²) in [5.74, 6) is 0.155. The first kappa shape index (κ1) is 15.5. The molecule has 0 saturated carbocycles. The number of para-hydroxylation sites is 1. The molecule has 1 aromatic carbocycles. The van der Waals surface area contributed by atoms with Crippen LogP contribution in [-0.4, -0.2) is 32.3 Å². The Bertz CT molecular complexity index is 659. The fourth-order valence-corrected chi connectivity index (χ4v) is 2.67. The largest absolute Gasteiger partial charge is 0.478 e. The molecule has 114 valence electrons. The van der Waals surface area contributed by atoms with E-state index in [9.17, 15) is 15.0 Å². The SMILES string of the molecule is CC(C)c1nc2cccc(C(=O)O)c2n1[C@@H](CO)C(C)C. The molecule has 0 spiro atoms. The molecule has 2 aromatic rings. The summed E-state index contributed by atoms with van der Waals surface area (Å²) in [6, 6.07) is 4.92. The van der Waals surface area contributed by atoms with Crippen molar-refractivity contribution < 1.29 is 15.0 Å². The topological polar surface area (TPSA) is 75.3 Å². The number of aromatic nitrogens is 2. The zero-order valence-electron chi connectivity index (χ0n) is 12.9. The van der Waals surface area contributed by atoms with Crippen LogP contribution in [0.4, 0.5) is 0 Å². The van der Waals surface area contributed by atoms with Crippen LogP contribution >= 0.6 is 0 Å². The maximum atomic E-state index is 11.5. The van der Waals surface area contributed by atoms with Gasteiger partial charge in [-0.15, -0.1) is 0 Å². The highest BCUT2D eigenvalue weighted by molar-refractivity contribution is 6.01. The summed E-state index contributed by atoms with van der Waals surface area (Å²) < 4.78 is 1.91. The number of aliphatic hydroxyl groups is 1. The number of aliphatic hydroxyl groups excluding tert-OH is 1. The Kier molecular flexibility index (Phi) is 4.32. The maximum absolute atomic E-state index is 11.5. The van der Waals surface area contributed by atoms with E-state index in [0.29, 0.717) is 11.0 Å². The van der Waals surface area contributed by atoms with Crippen LogP contribution in [0.2, 0.25) is 0 Å². The molecule has 0 aliphatic rings. The first-order chi connectivity index (χ1) is 9.88. The van der Waals surface area contributed by atoms with Crippen LogP contribution in [0.25, 0.3) is 11.0 Å². The van der Waals surface area contributed by atoms with Crippen molar-refractivity contribution in [1.29, 1.82) is 0 Å². The van der Waals surface area contributed by atoms with Crippen molar-refractivity contribution in [2.24, 2.45) is 5.92 Å². The van der Waals surface area contributed by atoms with Crippen LogP contribution in [-0.2, 0) is 0 Å². The highest BCUT2D eigenvalue weighted by Crippen LogP contribution is 2.31. The number of imidazole rings is 1. The molecule has 0 radical (unpaired) electrons. The third-order valence-corrected chi connectivity index (χ3v) is 3.77. The van der Waals surface area contributed by atoms with Crippen molar-refractivity contribution >= 4 is 17.0 Å². The van der Waals surface area contributed by atoms with Crippen LogP contribution in [0.1, 0.15) is 55.8 Å². The Morgan fingerprint density at radius 2 is 1.95 bits per heavy atom. The number of hydrogen-bond donors (Lipinski definition) is 2. The smallest absolute Gasteiger partial charge is 0.337 e. The van der Waals surface area contributed by atoms with Gasteiger partial charge in [0.2, 0.25) is 0 Å². The normalized spacial score (nSPS) is 13.3. The second kappa shape index (κ2) is 5.85. The van der Waals surface area contributed by atoms with Gasteiger partial charge in [0.25, 0.3) is 0 Å². The fraction of sp³-hybridized carbons (Fsp3) is 0.500. The minimum atomic E-state index is -0.975. The van der Waals surface area contributed by atoms with Gasteiger partial charge < -0.3 is 14.8 Å². The van der Waals surface area contributed by atoms with E-state index in [2.05, 4.69) is 4.98 Å². The molecule has 1 heterocycles. The van der Waals surface area contributed by atoms with Crippen LogP contribution < -0.4 is 0 Å². The number of hydrogen-bond acceptors (Lipinski definition) is 3. The second-order valence-corrected chi connectivity index (χ2v) is 5.97. The number of carboxylic acid groups (broad SMARTS) is 1. The maximum Gasteiger partial charge on any atom is 0.337 e. The number of rotatable bonds is 5. The van der Waals surface area contributed by atoms with E-state index in [0.717, 1.165) is 5.82 Å². The number of benzene rings is 1. The molecule has 21 heavy (non-hydrogen) atoms. The van der Waals surface area contributed by atoms with E-state index < -0.39 is 5.97 Å². The molecule has 0 saturated heterocycles. The Morgan fingerprint density at radius 3 is 2.43 bits per heavy atom. The summed E-state index contributed by atoms with van der Waals surface area (Å²) in [5, 5.41) is 19.2. The molecule has 0 unspecified atom stereocenters. The van der Waals surface area contributed by atoms with Gasteiger partial charge in [0.05, 0.1) is 29.2 Å². The van der Waals surface area contributed by atoms with Crippen molar-refractivity contribution in [3.63, 3.8) is 0 Å². The summed E-state index contributed by atoms with van der Waals surface area (Å²) >= 11 is 0. The first-order valence-corrected chi connectivity index (χ1v) is 7.23. The van der Waals surface area contributed by atoms with Gasteiger partial charge in [-0.25, -0.2) is 9.78 Å². The zero-order valence-corrected chi connectivity index (χ0v) is 12.9. The predicted octanol–water partition coefficient (Wildman–Crippen LogP) is 3.05. The molecule has 0 aliphatic carbocycles. The van der Waals surface area contributed by atoms with E-state index >= 15 is 0 Å². The summed E-state index contributed by atoms with van der Waals surface area (Å²) in [6.45, 7) is 8.02. The molecule has 1 atom stereocenters. The molecule has 2 rings (SSSR count). The van der Waals surface area contributed by atoms with Gasteiger partial charge in [-0.05, 0) is 18.1 Å². The molecule has 5 nitrogen and oxygen atoms in total. The summed E-state index contributed by atoms with van der Waals surface area (Å²) in [4.78, 5) is 16.1. The molecule has 0 aliphatic heterocycles. The van der Waals surface area contributed by atoms with E-state index in [4.69, 9.17) is 0 Å². The Morgan fingerprint density at radius 1 is 1.29 bits per heavy atom. The van der Waals surface area contributed by atoms with Gasteiger partial charge in [0.1, 0.15) is 5.82 Å². The third kappa shape index (κ3) is 2.65. The van der Waals surface area contributed by atoms with E-state index in [1.165, 1.54) is 0 Å². The van der Waals surface area contributed by atoms with Crippen molar-refractivity contribution in [2.75, 3.05) is 6.61 Å². The summed E-state index contributed by atoms with van der Waals surface area (Å²) in [6.07, 6.45) is 0.